The summed E-state index contributed by atoms with van der Waals surface area (Å²) in [5, 5.41) is 10.6. The fourth-order valence-corrected chi connectivity index (χ4v) is 1.62. The van der Waals surface area contributed by atoms with Gasteiger partial charge in [0.25, 0.3) is 5.69 Å². The molecule has 0 fully saturated rings. The molecule has 0 amide bonds. The third-order valence-corrected chi connectivity index (χ3v) is 2.81. The molecule has 0 aliphatic carbocycles. The second kappa shape index (κ2) is 6.60. The Morgan fingerprint density at radius 2 is 2.31 bits per heavy atom. The number of halogens is 1. The van der Waals surface area contributed by atoms with Gasteiger partial charge in [-0.1, -0.05) is 0 Å². The molecule has 0 unspecified atom stereocenters. The highest BCUT2D eigenvalue weighted by Crippen LogP contribution is 2.25. The highest BCUT2D eigenvalue weighted by atomic mass is 35.5. The predicted octanol–water partition coefficient (Wildman–Crippen LogP) is 3.08. The first kappa shape index (κ1) is 13.1. The summed E-state index contributed by atoms with van der Waals surface area (Å²) in [6.07, 6.45) is 1.99. The van der Waals surface area contributed by atoms with E-state index in [1.807, 2.05) is 6.26 Å². The molecule has 16 heavy (non-hydrogen) atoms. The second-order valence-corrected chi connectivity index (χ2v) is 4.28. The first-order valence-electron chi connectivity index (χ1n) is 4.64. The second-order valence-electron chi connectivity index (χ2n) is 3.02. The fourth-order valence-electron chi connectivity index (χ4n) is 1.16. The van der Waals surface area contributed by atoms with Gasteiger partial charge < -0.3 is 4.74 Å². The van der Waals surface area contributed by atoms with E-state index in [1.165, 1.54) is 12.1 Å². The van der Waals surface area contributed by atoms with Crippen molar-refractivity contribution < 1.29 is 9.66 Å². The normalized spacial score (nSPS) is 10.1. The molecule has 6 heteroatoms. The molecular formula is C10H12ClNO3S. The molecule has 0 spiro atoms. The smallest absolute Gasteiger partial charge is 0.270 e. The molecule has 0 radical (unpaired) electrons. The zero-order valence-electron chi connectivity index (χ0n) is 8.81. The lowest BCUT2D eigenvalue weighted by Gasteiger charge is -2.08. The van der Waals surface area contributed by atoms with Crippen LogP contribution in [0.2, 0.25) is 0 Å². The number of nitro benzene ring substituents is 1. The van der Waals surface area contributed by atoms with E-state index in [0.29, 0.717) is 17.9 Å². The summed E-state index contributed by atoms with van der Waals surface area (Å²) in [6, 6.07) is 4.46. The highest BCUT2D eigenvalue weighted by Gasteiger charge is 2.10. The van der Waals surface area contributed by atoms with Crippen LogP contribution >= 0.6 is 23.4 Å². The van der Waals surface area contributed by atoms with Crippen molar-refractivity contribution in [3.63, 3.8) is 0 Å². The van der Waals surface area contributed by atoms with Gasteiger partial charge in [0.05, 0.1) is 17.4 Å². The van der Waals surface area contributed by atoms with Crippen molar-refractivity contribution in [1.29, 1.82) is 0 Å². The van der Waals surface area contributed by atoms with Crippen LogP contribution in [0.5, 0.6) is 5.75 Å². The van der Waals surface area contributed by atoms with Crippen molar-refractivity contribution in [1.82, 2.24) is 0 Å². The number of thioether (sulfide) groups is 1. The van der Waals surface area contributed by atoms with E-state index >= 15 is 0 Å². The summed E-state index contributed by atoms with van der Waals surface area (Å²) >= 11 is 7.39. The number of ether oxygens (including phenoxy) is 1. The Morgan fingerprint density at radius 3 is 2.88 bits per heavy atom. The van der Waals surface area contributed by atoms with Crippen LogP contribution in [0.4, 0.5) is 5.69 Å². The van der Waals surface area contributed by atoms with Crippen molar-refractivity contribution in [2.75, 3.05) is 18.6 Å². The molecule has 0 N–H and O–H groups in total. The summed E-state index contributed by atoms with van der Waals surface area (Å²) in [6.45, 7) is 0.572. The number of hydrogen-bond donors (Lipinski definition) is 0. The lowest BCUT2D eigenvalue weighted by molar-refractivity contribution is -0.384. The van der Waals surface area contributed by atoms with Crippen LogP contribution in [-0.2, 0) is 5.88 Å². The minimum absolute atomic E-state index is 0.0351. The Bertz CT molecular complexity index is 373. The first-order chi connectivity index (χ1) is 7.69. The Hall–Kier alpha value is -0.940. The van der Waals surface area contributed by atoms with E-state index in [9.17, 15) is 10.1 Å². The van der Waals surface area contributed by atoms with Gasteiger partial charge in [0.2, 0.25) is 0 Å². The molecule has 0 atom stereocenters. The third-order valence-electron chi connectivity index (χ3n) is 1.94. The van der Waals surface area contributed by atoms with Gasteiger partial charge in [-0.05, 0) is 12.3 Å². The zero-order valence-corrected chi connectivity index (χ0v) is 10.4. The van der Waals surface area contributed by atoms with Gasteiger partial charge in [0, 0.05) is 23.4 Å². The largest absolute Gasteiger partial charge is 0.492 e. The van der Waals surface area contributed by atoms with E-state index in [1.54, 1.807) is 17.8 Å². The predicted molar refractivity (Wildman–Crippen MR) is 66.5 cm³/mol. The molecule has 1 rings (SSSR count). The van der Waals surface area contributed by atoms with Gasteiger partial charge in [0.1, 0.15) is 5.75 Å². The Balaban J connectivity index is 2.80. The minimum Gasteiger partial charge on any atom is -0.492 e. The molecule has 1 aromatic carbocycles. The summed E-state index contributed by atoms with van der Waals surface area (Å²) in [5.41, 5.74) is 0.685. The molecule has 0 aromatic heterocycles. The average Bonchev–Trinajstić information content (AvgIpc) is 2.29. The summed E-state index contributed by atoms with van der Waals surface area (Å²) < 4.78 is 5.48. The van der Waals surface area contributed by atoms with E-state index in [2.05, 4.69) is 0 Å². The molecule has 4 nitrogen and oxygen atoms in total. The Labute approximate surface area is 103 Å². The third kappa shape index (κ3) is 3.57. The maximum atomic E-state index is 10.6. The van der Waals surface area contributed by atoms with Gasteiger partial charge >= 0.3 is 0 Å². The molecule has 0 saturated heterocycles. The van der Waals surface area contributed by atoms with Crippen molar-refractivity contribution >= 4 is 29.1 Å². The SMILES string of the molecule is CSCCOc1ccc([N+](=O)[O-])cc1CCl. The van der Waals surface area contributed by atoms with Crippen molar-refractivity contribution in [3.8, 4) is 5.75 Å². The van der Waals surface area contributed by atoms with Crippen LogP contribution in [0.25, 0.3) is 0 Å². The van der Waals surface area contributed by atoms with Gasteiger partial charge in [0.15, 0.2) is 0 Å². The van der Waals surface area contributed by atoms with Crippen molar-refractivity contribution in [2.45, 2.75) is 5.88 Å². The van der Waals surface area contributed by atoms with Gasteiger partial charge in [-0.3, -0.25) is 10.1 Å². The molecular weight excluding hydrogens is 250 g/mol. The van der Waals surface area contributed by atoms with E-state index in [0.717, 1.165) is 5.75 Å². The number of rotatable bonds is 6. The molecule has 0 aliphatic rings. The number of nitrogens with zero attached hydrogens (tertiary/aromatic N) is 1. The van der Waals surface area contributed by atoms with Crippen LogP contribution in [0.3, 0.4) is 0 Å². The molecule has 88 valence electrons. The topological polar surface area (TPSA) is 52.4 Å². The summed E-state index contributed by atoms with van der Waals surface area (Å²) in [4.78, 5) is 10.1. The standard InChI is InChI=1S/C10H12ClNO3S/c1-16-5-4-15-10-3-2-9(12(13)14)6-8(10)7-11/h2-3,6H,4-5,7H2,1H3. The van der Waals surface area contributed by atoms with E-state index in [-0.39, 0.29) is 11.6 Å². The lowest BCUT2D eigenvalue weighted by Crippen LogP contribution is -2.02. The van der Waals surface area contributed by atoms with Crippen LogP contribution in [0, 0.1) is 10.1 Å². The van der Waals surface area contributed by atoms with Crippen LogP contribution in [-0.4, -0.2) is 23.5 Å². The molecule has 0 heterocycles. The number of non-ortho nitro benzene ring substituents is 1. The van der Waals surface area contributed by atoms with Gasteiger partial charge in [-0.15, -0.1) is 11.6 Å². The maximum absolute atomic E-state index is 10.6. The van der Waals surface area contributed by atoms with E-state index in [4.69, 9.17) is 16.3 Å². The van der Waals surface area contributed by atoms with Gasteiger partial charge in [-0.25, -0.2) is 0 Å². The molecule has 0 aliphatic heterocycles. The summed E-state index contributed by atoms with van der Waals surface area (Å²) in [5.74, 6) is 1.70. The molecule has 0 saturated carbocycles. The number of nitro groups is 1. The van der Waals surface area contributed by atoms with Crippen LogP contribution < -0.4 is 4.74 Å². The maximum Gasteiger partial charge on any atom is 0.270 e. The van der Waals surface area contributed by atoms with Crippen LogP contribution in [0.1, 0.15) is 5.56 Å². The first-order valence-corrected chi connectivity index (χ1v) is 6.57. The summed E-state index contributed by atoms with van der Waals surface area (Å²) in [7, 11) is 0. The minimum atomic E-state index is -0.443. The Kier molecular flexibility index (Phi) is 5.42. The quantitative estimate of drug-likeness (QED) is 0.342. The average molecular weight is 262 g/mol. The monoisotopic (exact) mass is 261 g/mol. The Morgan fingerprint density at radius 1 is 1.56 bits per heavy atom. The van der Waals surface area contributed by atoms with E-state index < -0.39 is 4.92 Å². The number of alkyl halides is 1. The lowest BCUT2D eigenvalue weighted by atomic mass is 10.2. The van der Waals surface area contributed by atoms with Crippen molar-refractivity contribution in [3.05, 3.63) is 33.9 Å². The number of benzene rings is 1. The fraction of sp³-hybridized carbons (Fsp3) is 0.400. The van der Waals surface area contributed by atoms with Crippen LogP contribution in [0.15, 0.2) is 18.2 Å². The number of hydrogen-bond acceptors (Lipinski definition) is 4. The van der Waals surface area contributed by atoms with Crippen molar-refractivity contribution in [2.24, 2.45) is 0 Å². The molecule has 0 bridgehead atoms. The zero-order chi connectivity index (χ0) is 12.0. The molecule has 1 aromatic rings. The highest BCUT2D eigenvalue weighted by molar-refractivity contribution is 7.98. The van der Waals surface area contributed by atoms with Gasteiger partial charge in [-0.2, -0.15) is 11.8 Å².